The molecule has 0 aliphatic rings. The second-order valence-corrected chi connectivity index (χ2v) is 4.94. The lowest BCUT2D eigenvalue weighted by Gasteiger charge is -2.11. The summed E-state index contributed by atoms with van der Waals surface area (Å²) in [6.45, 7) is 2.15. The van der Waals surface area contributed by atoms with Gasteiger partial charge in [-0.25, -0.2) is 0 Å². The summed E-state index contributed by atoms with van der Waals surface area (Å²) in [5, 5.41) is 5.96. The van der Waals surface area contributed by atoms with Crippen molar-refractivity contribution in [3.8, 4) is 0 Å². The van der Waals surface area contributed by atoms with E-state index in [2.05, 4.69) is 47.8 Å². The Morgan fingerprint density at radius 3 is 2.78 bits per heavy atom. The summed E-state index contributed by atoms with van der Waals surface area (Å²) < 4.78 is 5.00. The third-order valence-electron chi connectivity index (χ3n) is 2.91. The molecule has 96 valence electrons. The second kappa shape index (κ2) is 6.74. The lowest BCUT2D eigenvalue weighted by atomic mass is 10.0. The third-order valence-corrected chi connectivity index (χ3v) is 3.19. The maximum absolute atomic E-state index is 6.08. The number of ether oxygens (including phenoxy) is 1. The lowest BCUT2D eigenvalue weighted by molar-refractivity contribution is 0.197. The van der Waals surface area contributed by atoms with E-state index >= 15 is 0 Å². The number of alkyl halides is 1. The third kappa shape index (κ3) is 3.45. The number of benzene rings is 2. The van der Waals surface area contributed by atoms with Gasteiger partial charge in [-0.2, -0.15) is 0 Å². The maximum atomic E-state index is 6.08. The Morgan fingerprint density at radius 2 is 1.94 bits per heavy atom. The van der Waals surface area contributed by atoms with E-state index in [1.165, 1.54) is 16.3 Å². The molecule has 18 heavy (non-hydrogen) atoms. The summed E-state index contributed by atoms with van der Waals surface area (Å²) in [6.07, 6.45) is 0. The molecule has 0 aromatic heterocycles. The van der Waals surface area contributed by atoms with Crippen molar-refractivity contribution in [1.29, 1.82) is 0 Å². The van der Waals surface area contributed by atoms with Crippen LogP contribution >= 0.6 is 11.6 Å². The minimum Gasteiger partial charge on any atom is -0.383 e. The standard InChI is InChI=1S/C15H18ClNO/c1-18-11-14(16)10-17-9-13-7-4-6-12-5-2-3-8-15(12)13/h2-8,14,17H,9-11H2,1H3. The molecule has 0 bridgehead atoms. The SMILES string of the molecule is COCC(Cl)CNCc1cccc2ccccc12. The van der Waals surface area contributed by atoms with Gasteiger partial charge in [-0.15, -0.1) is 11.6 Å². The highest BCUT2D eigenvalue weighted by Gasteiger charge is 2.04. The largest absolute Gasteiger partial charge is 0.383 e. The summed E-state index contributed by atoms with van der Waals surface area (Å²) >= 11 is 6.08. The van der Waals surface area contributed by atoms with Gasteiger partial charge in [-0.3, -0.25) is 0 Å². The fourth-order valence-electron chi connectivity index (χ4n) is 2.05. The van der Waals surface area contributed by atoms with Gasteiger partial charge in [0.15, 0.2) is 0 Å². The highest BCUT2D eigenvalue weighted by atomic mass is 35.5. The zero-order valence-electron chi connectivity index (χ0n) is 10.5. The minimum atomic E-state index is 0.0185. The van der Waals surface area contributed by atoms with Gasteiger partial charge in [0.1, 0.15) is 0 Å². The first kappa shape index (κ1) is 13.3. The molecule has 1 unspecified atom stereocenters. The van der Waals surface area contributed by atoms with E-state index in [9.17, 15) is 0 Å². The Bertz CT molecular complexity index is 495. The highest BCUT2D eigenvalue weighted by Crippen LogP contribution is 2.18. The number of fused-ring (bicyclic) bond motifs is 1. The molecule has 2 aromatic rings. The Hall–Kier alpha value is -1.09. The van der Waals surface area contributed by atoms with Gasteiger partial charge in [0, 0.05) is 20.2 Å². The summed E-state index contributed by atoms with van der Waals surface area (Å²) in [5.41, 5.74) is 1.30. The maximum Gasteiger partial charge on any atom is 0.0694 e. The van der Waals surface area contributed by atoms with Crippen LogP contribution in [0.2, 0.25) is 0 Å². The van der Waals surface area contributed by atoms with Crippen molar-refractivity contribution in [3.63, 3.8) is 0 Å². The van der Waals surface area contributed by atoms with Crippen molar-refractivity contribution >= 4 is 22.4 Å². The van der Waals surface area contributed by atoms with Gasteiger partial charge < -0.3 is 10.1 Å². The molecule has 0 saturated carbocycles. The van der Waals surface area contributed by atoms with Crippen LogP contribution in [0.1, 0.15) is 5.56 Å². The van der Waals surface area contributed by atoms with Crippen LogP contribution < -0.4 is 5.32 Å². The molecule has 1 N–H and O–H groups in total. The zero-order chi connectivity index (χ0) is 12.8. The summed E-state index contributed by atoms with van der Waals surface area (Å²) in [7, 11) is 1.67. The van der Waals surface area contributed by atoms with E-state index in [0.717, 1.165) is 13.1 Å². The number of halogens is 1. The van der Waals surface area contributed by atoms with Crippen molar-refractivity contribution in [2.45, 2.75) is 11.9 Å². The van der Waals surface area contributed by atoms with Crippen LogP contribution in [0, 0.1) is 0 Å². The predicted molar refractivity (Wildman–Crippen MR) is 77.2 cm³/mol. The Morgan fingerprint density at radius 1 is 1.17 bits per heavy atom. The average molecular weight is 264 g/mol. The molecular weight excluding hydrogens is 246 g/mol. The van der Waals surface area contributed by atoms with Crippen LogP contribution in [-0.2, 0) is 11.3 Å². The highest BCUT2D eigenvalue weighted by molar-refractivity contribution is 6.20. The molecule has 2 rings (SSSR count). The van der Waals surface area contributed by atoms with E-state index in [4.69, 9.17) is 16.3 Å². The molecule has 0 spiro atoms. The van der Waals surface area contributed by atoms with Gasteiger partial charge in [0.05, 0.1) is 12.0 Å². The van der Waals surface area contributed by atoms with Crippen LogP contribution in [0.4, 0.5) is 0 Å². The monoisotopic (exact) mass is 263 g/mol. The van der Waals surface area contributed by atoms with Crippen LogP contribution in [0.15, 0.2) is 42.5 Å². The van der Waals surface area contributed by atoms with Crippen LogP contribution in [0.25, 0.3) is 10.8 Å². The Labute approximate surface area is 113 Å². The van der Waals surface area contributed by atoms with Crippen molar-refractivity contribution in [1.82, 2.24) is 5.32 Å². The average Bonchev–Trinajstić information content (AvgIpc) is 2.39. The molecule has 0 aliphatic heterocycles. The fourth-order valence-corrected chi connectivity index (χ4v) is 2.28. The van der Waals surface area contributed by atoms with Gasteiger partial charge >= 0.3 is 0 Å². The quantitative estimate of drug-likeness (QED) is 0.809. The smallest absolute Gasteiger partial charge is 0.0694 e. The predicted octanol–water partition coefficient (Wildman–Crippen LogP) is 3.18. The number of hydrogen-bond acceptors (Lipinski definition) is 2. The normalized spacial score (nSPS) is 12.8. The van der Waals surface area contributed by atoms with Crippen LogP contribution in [0.5, 0.6) is 0 Å². The van der Waals surface area contributed by atoms with Gasteiger partial charge in [0.2, 0.25) is 0 Å². The van der Waals surface area contributed by atoms with Crippen LogP contribution in [0.3, 0.4) is 0 Å². The lowest BCUT2D eigenvalue weighted by Crippen LogP contribution is -2.25. The molecule has 0 fully saturated rings. The number of rotatable bonds is 6. The first-order valence-electron chi connectivity index (χ1n) is 6.11. The summed E-state index contributed by atoms with van der Waals surface area (Å²) in [6, 6.07) is 14.8. The minimum absolute atomic E-state index is 0.0185. The topological polar surface area (TPSA) is 21.3 Å². The molecule has 0 radical (unpaired) electrons. The first-order valence-corrected chi connectivity index (χ1v) is 6.55. The Kier molecular flexibility index (Phi) is 5.00. The first-order chi connectivity index (χ1) is 8.81. The second-order valence-electron chi connectivity index (χ2n) is 4.32. The van der Waals surface area contributed by atoms with Gasteiger partial charge in [-0.05, 0) is 16.3 Å². The molecule has 0 amide bonds. The fraction of sp³-hybridized carbons (Fsp3) is 0.333. The molecule has 0 aliphatic carbocycles. The van der Waals surface area contributed by atoms with Crippen molar-refractivity contribution in [3.05, 3.63) is 48.0 Å². The molecular formula is C15H18ClNO. The summed E-state index contributed by atoms with van der Waals surface area (Å²) in [5.74, 6) is 0. The molecule has 2 nitrogen and oxygen atoms in total. The number of hydrogen-bond donors (Lipinski definition) is 1. The molecule has 0 saturated heterocycles. The van der Waals surface area contributed by atoms with Crippen molar-refractivity contribution < 1.29 is 4.74 Å². The number of nitrogens with one attached hydrogen (secondary N) is 1. The zero-order valence-corrected chi connectivity index (χ0v) is 11.3. The van der Waals surface area contributed by atoms with Gasteiger partial charge in [-0.1, -0.05) is 42.5 Å². The van der Waals surface area contributed by atoms with E-state index in [1.807, 2.05) is 0 Å². The van der Waals surface area contributed by atoms with E-state index in [1.54, 1.807) is 7.11 Å². The van der Waals surface area contributed by atoms with Crippen molar-refractivity contribution in [2.24, 2.45) is 0 Å². The van der Waals surface area contributed by atoms with E-state index in [0.29, 0.717) is 6.61 Å². The number of methoxy groups -OCH3 is 1. The van der Waals surface area contributed by atoms with Crippen LogP contribution in [-0.4, -0.2) is 25.6 Å². The van der Waals surface area contributed by atoms with Gasteiger partial charge in [0.25, 0.3) is 0 Å². The van der Waals surface area contributed by atoms with E-state index < -0.39 is 0 Å². The van der Waals surface area contributed by atoms with E-state index in [-0.39, 0.29) is 5.38 Å². The molecule has 1 atom stereocenters. The van der Waals surface area contributed by atoms with Crippen molar-refractivity contribution in [2.75, 3.05) is 20.3 Å². The Balaban J connectivity index is 1.99. The molecule has 3 heteroatoms. The molecule has 2 aromatic carbocycles. The summed E-state index contributed by atoms with van der Waals surface area (Å²) in [4.78, 5) is 0. The molecule has 0 heterocycles.